The molecule has 5 nitrogen and oxygen atoms in total. The normalized spacial score (nSPS) is 11.1. The van der Waals surface area contributed by atoms with Gasteiger partial charge in [-0.15, -0.1) is 0 Å². The summed E-state index contributed by atoms with van der Waals surface area (Å²) in [5.41, 5.74) is 1.51. The number of halogens is 3. The van der Waals surface area contributed by atoms with E-state index in [9.17, 15) is 13.2 Å². The highest BCUT2D eigenvalue weighted by atomic mass is 35.5. The van der Waals surface area contributed by atoms with Crippen LogP contribution in [0.4, 0.5) is 11.4 Å². The van der Waals surface area contributed by atoms with Crippen LogP contribution < -0.4 is 10.0 Å². The van der Waals surface area contributed by atoms with Gasteiger partial charge in [0.05, 0.1) is 22.0 Å². The van der Waals surface area contributed by atoms with Crippen LogP contribution in [0.5, 0.6) is 0 Å². The second-order valence-electron chi connectivity index (χ2n) is 6.11. The maximum Gasteiger partial charge on any atom is 0.261 e. The summed E-state index contributed by atoms with van der Waals surface area (Å²) in [6.45, 7) is 0. The molecular formula is C20H15Cl3N2O3S. The molecule has 2 N–H and O–H groups in total. The zero-order valence-corrected chi connectivity index (χ0v) is 17.9. The van der Waals surface area contributed by atoms with E-state index in [4.69, 9.17) is 34.8 Å². The third-order valence-corrected chi connectivity index (χ3v) is 6.08. The van der Waals surface area contributed by atoms with Crippen molar-refractivity contribution in [3.63, 3.8) is 0 Å². The summed E-state index contributed by atoms with van der Waals surface area (Å²) in [7, 11) is -3.85. The number of carbonyl (C=O) groups is 1. The summed E-state index contributed by atoms with van der Waals surface area (Å²) in [4.78, 5) is 12.2. The van der Waals surface area contributed by atoms with Crippen molar-refractivity contribution in [2.45, 2.75) is 11.3 Å². The number of hydrogen-bond donors (Lipinski definition) is 2. The number of sulfonamides is 1. The van der Waals surface area contributed by atoms with E-state index in [-0.39, 0.29) is 27.9 Å². The predicted octanol–water partition coefficient (Wildman–Crippen LogP) is 5.63. The molecule has 0 spiro atoms. The summed E-state index contributed by atoms with van der Waals surface area (Å²) < 4.78 is 27.5. The monoisotopic (exact) mass is 468 g/mol. The fourth-order valence-corrected chi connectivity index (χ4v) is 4.20. The number of amides is 1. The van der Waals surface area contributed by atoms with Crippen molar-refractivity contribution in [3.8, 4) is 0 Å². The van der Waals surface area contributed by atoms with Gasteiger partial charge in [-0.3, -0.25) is 9.52 Å². The first-order valence-corrected chi connectivity index (χ1v) is 11.0. The third-order valence-electron chi connectivity index (χ3n) is 3.90. The molecule has 0 saturated carbocycles. The van der Waals surface area contributed by atoms with Gasteiger partial charge in [0.2, 0.25) is 5.91 Å². The van der Waals surface area contributed by atoms with Gasteiger partial charge in [-0.2, -0.15) is 0 Å². The van der Waals surface area contributed by atoms with Crippen molar-refractivity contribution in [2.24, 2.45) is 0 Å². The van der Waals surface area contributed by atoms with E-state index in [0.29, 0.717) is 15.7 Å². The van der Waals surface area contributed by atoms with Crippen LogP contribution in [0.3, 0.4) is 0 Å². The maximum absolute atomic E-state index is 12.5. The number of benzene rings is 3. The van der Waals surface area contributed by atoms with E-state index >= 15 is 0 Å². The lowest BCUT2D eigenvalue weighted by molar-refractivity contribution is -0.115. The zero-order valence-electron chi connectivity index (χ0n) is 14.8. The summed E-state index contributed by atoms with van der Waals surface area (Å²) in [5, 5.41) is 3.91. The van der Waals surface area contributed by atoms with Crippen LogP contribution in [-0.2, 0) is 21.2 Å². The van der Waals surface area contributed by atoms with E-state index in [2.05, 4.69) is 10.0 Å². The molecular weight excluding hydrogens is 455 g/mol. The van der Waals surface area contributed by atoms with Crippen LogP contribution in [0.15, 0.2) is 71.6 Å². The van der Waals surface area contributed by atoms with Crippen molar-refractivity contribution < 1.29 is 13.2 Å². The second-order valence-corrected chi connectivity index (χ2v) is 9.07. The lowest BCUT2D eigenvalue weighted by atomic mass is 10.1. The molecule has 0 bridgehead atoms. The van der Waals surface area contributed by atoms with Crippen molar-refractivity contribution in [1.82, 2.24) is 0 Å². The van der Waals surface area contributed by atoms with E-state index in [1.165, 1.54) is 42.5 Å². The van der Waals surface area contributed by atoms with Crippen molar-refractivity contribution in [2.75, 3.05) is 10.0 Å². The SMILES string of the molecule is O=C(Cc1ccc(Cl)cc1)Nc1ccc(S(=O)(=O)Nc2ccc(Cl)cc2Cl)cc1. The molecule has 9 heteroatoms. The summed E-state index contributed by atoms with van der Waals surface area (Å²) in [6, 6.07) is 17.2. The average Bonchev–Trinajstić information content (AvgIpc) is 2.66. The molecule has 0 saturated heterocycles. The Morgan fingerprint density at radius 2 is 1.45 bits per heavy atom. The van der Waals surface area contributed by atoms with E-state index in [0.717, 1.165) is 5.56 Å². The first-order chi connectivity index (χ1) is 13.7. The standard InChI is InChI=1S/C20H15Cl3N2O3S/c21-14-3-1-13(2-4-14)11-20(26)24-16-6-8-17(9-7-16)29(27,28)25-19-10-5-15(22)12-18(19)23/h1-10,12,25H,11H2,(H,24,26). The second kappa shape index (κ2) is 9.05. The highest BCUT2D eigenvalue weighted by Gasteiger charge is 2.16. The Hall–Kier alpha value is -2.25. The molecule has 0 fully saturated rings. The first kappa shape index (κ1) is 21.5. The van der Waals surface area contributed by atoms with Gasteiger partial charge in [-0.1, -0.05) is 46.9 Å². The smallest absolute Gasteiger partial charge is 0.261 e. The lowest BCUT2D eigenvalue weighted by Crippen LogP contribution is -2.15. The number of hydrogen-bond acceptors (Lipinski definition) is 3. The first-order valence-electron chi connectivity index (χ1n) is 8.35. The number of anilines is 2. The number of nitrogens with one attached hydrogen (secondary N) is 2. The highest BCUT2D eigenvalue weighted by Crippen LogP contribution is 2.28. The molecule has 0 radical (unpaired) electrons. The van der Waals surface area contributed by atoms with Gasteiger partial charge in [0.15, 0.2) is 0 Å². The van der Waals surface area contributed by atoms with Crippen molar-refractivity contribution >= 4 is 62.1 Å². The van der Waals surface area contributed by atoms with Gasteiger partial charge in [-0.05, 0) is 60.2 Å². The Kier molecular flexibility index (Phi) is 6.70. The Morgan fingerprint density at radius 3 is 2.07 bits per heavy atom. The van der Waals surface area contributed by atoms with Crippen LogP contribution in [0.25, 0.3) is 0 Å². The Labute approximate surface area is 183 Å². The molecule has 150 valence electrons. The molecule has 3 aromatic rings. The van der Waals surface area contributed by atoms with Crippen molar-refractivity contribution in [3.05, 3.63) is 87.4 Å². The molecule has 0 aliphatic carbocycles. The van der Waals surface area contributed by atoms with Crippen LogP contribution in [0.2, 0.25) is 15.1 Å². The molecule has 0 heterocycles. The topological polar surface area (TPSA) is 75.3 Å². The Bertz CT molecular complexity index is 1130. The molecule has 1 amide bonds. The quantitative estimate of drug-likeness (QED) is 0.491. The molecule has 0 unspecified atom stereocenters. The molecule has 3 aromatic carbocycles. The minimum atomic E-state index is -3.85. The molecule has 3 rings (SSSR count). The minimum Gasteiger partial charge on any atom is -0.326 e. The maximum atomic E-state index is 12.5. The lowest BCUT2D eigenvalue weighted by Gasteiger charge is -2.11. The van der Waals surface area contributed by atoms with Gasteiger partial charge >= 0.3 is 0 Å². The molecule has 0 atom stereocenters. The highest BCUT2D eigenvalue weighted by molar-refractivity contribution is 7.92. The predicted molar refractivity (Wildman–Crippen MR) is 117 cm³/mol. The fourth-order valence-electron chi connectivity index (χ4n) is 2.49. The summed E-state index contributed by atoms with van der Waals surface area (Å²) in [6.07, 6.45) is 0.174. The Balaban J connectivity index is 1.67. The van der Waals surface area contributed by atoms with E-state index in [1.807, 2.05) is 0 Å². The number of rotatable bonds is 6. The van der Waals surface area contributed by atoms with Gasteiger partial charge < -0.3 is 5.32 Å². The van der Waals surface area contributed by atoms with Gasteiger partial charge in [-0.25, -0.2) is 8.42 Å². The molecule has 29 heavy (non-hydrogen) atoms. The van der Waals surface area contributed by atoms with Crippen molar-refractivity contribution in [1.29, 1.82) is 0 Å². The minimum absolute atomic E-state index is 0.0271. The van der Waals surface area contributed by atoms with Crippen LogP contribution in [0.1, 0.15) is 5.56 Å². The average molecular weight is 470 g/mol. The number of carbonyl (C=O) groups excluding carboxylic acids is 1. The van der Waals surface area contributed by atoms with Gasteiger partial charge in [0.25, 0.3) is 10.0 Å². The molecule has 0 aromatic heterocycles. The zero-order chi connectivity index (χ0) is 21.0. The van der Waals surface area contributed by atoms with E-state index < -0.39 is 10.0 Å². The third kappa shape index (κ3) is 5.87. The van der Waals surface area contributed by atoms with Gasteiger partial charge in [0, 0.05) is 15.7 Å². The molecule has 0 aliphatic rings. The fraction of sp³-hybridized carbons (Fsp3) is 0.0500. The Morgan fingerprint density at radius 1 is 0.828 bits per heavy atom. The summed E-state index contributed by atoms with van der Waals surface area (Å²) in [5.74, 6) is -0.228. The summed E-state index contributed by atoms with van der Waals surface area (Å²) >= 11 is 17.7. The van der Waals surface area contributed by atoms with E-state index in [1.54, 1.807) is 24.3 Å². The largest absolute Gasteiger partial charge is 0.326 e. The van der Waals surface area contributed by atoms with Gasteiger partial charge in [0.1, 0.15) is 0 Å². The van der Waals surface area contributed by atoms with Crippen LogP contribution in [-0.4, -0.2) is 14.3 Å². The molecule has 0 aliphatic heterocycles. The van der Waals surface area contributed by atoms with Crippen LogP contribution in [0, 0.1) is 0 Å². The van der Waals surface area contributed by atoms with Crippen LogP contribution >= 0.6 is 34.8 Å².